The van der Waals surface area contributed by atoms with Crippen LogP contribution in [0.15, 0.2) is 0 Å². The number of esters is 1. The standard InChI is InChI=1S/C25H40O3S/c1-4-28-22(27)11-8-16(2)18-9-10-19-23-20(12-14-24(18,19)3)25(29)13-6-5-7-17(25)15-21(23)26/h16-20,23,29H,4-15H2,1-3H3/t16-,17?,18?,19?,20?,23?,24-,25?/m1/s1. The third-order valence-corrected chi connectivity index (χ3v) is 10.6. The smallest absolute Gasteiger partial charge is 0.305 e. The second-order valence-corrected chi connectivity index (χ2v) is 11.7. The number of hydrogen-bond donors (Lipinski definition) is 1. The van der Waals surface area contributed by atoms with Crippen molar-refractivity contribution in [3.63, 3.8) is 0 Å². The van der Waals surface area contributed by atoms with Crippen molar-refractivity contribution in [2.24, 2.45) is 40.9 Å². The molecule has 0 aromatic heterocycles. The summed E-state index contributed by atoms with van der Waals surface area (Å²) >= 11 is 5.33. The van der Waals surface area contributed by atoms with E-state index in [1.54, 1.807) is 0 Å². The van der Waals surface area contributed by atoms with Crippen LogP contribution in [0.1, 0.15) is 91.4 Å². The normalized spacial score (nSPS) is 45.1. The van der Waals surface area contributed by atoms with Gasteiger partial charge in [0.05, 0.1) is 6.61 Å². The number of thiol groups is 1. The molecular formula is C25H40O3S. The quantitative estimate of drug-likeness (QED) is 0.448. The van der Waals surface area contributed by atoms with Crippen LogP contribution in [-0.2, 0) is 14.3 Å². The Morgan fingerprint density at radius 3 is 2.72 bits per heavy atom. The Morgan fingerprint density at radius 1 is 1.17 bits per heavy atom. The van der Waals surface area contributed by atoms with E-state index in [1.165, 1.54) is 51.4 Å². The molecule has 4 rings (SSSR count). The van der Waals surface area contributed by atoms with Gasteiger partial charge in [-0.1, -0.05) is 26.7 Å². The summed E-state index contributed by atoms with van der Waals surface area (Å²) in [5.41, 5.74) is 0.247. The van der Waals surface area contributed by atoms with Gasteiger partial charge in [0.1, 0.15) is 5.78 Å². The highest BCUT2D eigenvalue weighted by Gasteiger charge is 2.63. The molecule has 0 spiro atoms. The first-order valence-corrected chi connectivity index (χ1v) is 12.7. The Kier molecular flexibility index (Phi) is 6.14. The first-order valence-electron chi connectivity index (χ1n) is 12.2. The lowest BCUT2D eigenvalue weighted by Crippen LogP contribution is -2.58. The Bertz CT molecular complexity index is 648. The van der Waals surface area contributed by atoms with E-state index in [9.17, 15) is 9.59 Å². The van der Waals surface area contributed by atoms with Gasteiger partial charge >= 0.3 is 5.97 Å². The number of hydrogen-bond acceptors (Lipinski definition) is 4. The predicted octanol–water partition coefficient (Wildman–Crippen LogP) is 5.86. The van der Waals surface area contributed by atoms with Crippen LogP contribution in [0.4, 0.5) is 0 Å². The van der Waals surface area contributed by atoms with Gasteiger partial charge < -0.3 is 4.74 Å². The van der Waals surface area contributed by atoms with E-state index >= 15 is 0 Å². The molecule has 0 bridgehead atoms. The summed E-state index contributed by atoms with van der Waals surface area (Å²) in [7, 11) is 0. The second kappa shape index (κ2) is 8.20. The van der Waals surface area contributed by atoms with Crippen LogP contribution in [0.3, 0.4) is 0 Å². The van der Waals surface area contributed by atoms with Gasteiger partial charge in [0.15, 0.2) is 0 Å². The summed E-state index contributed by atoms with van der Waals surface area (Å²) in [6, 6.07) is 0. The molecule has 0 aromatic carbocycles. The third-order valence-electron chi connectivity index (χ3n) is 9.69. The average molecular weight is 421 g/mol. The minimum atomic E-state index is -0.0643. The van der Waals surface area contributed by atoms with Gasteiger partial charge in [-0.05, 0) is 86.9 Å². The van der Waals surface area contributed by atoms with Crippen molar-refractivity contribution in [3.8, 4) is 0 Å². The highest BCUT2D eigenvalue weighted by Crippen LogP contribution is 2.66. The molecule has 0 heterocycles. The molecule has 0 radical (unpaired) electrons. The Hall–Kier alpha value is -0.510. The van der Waals surface area contributed by atoms with Gasteiger partial charge in [0, 0.05) is 23.5 Å². The van der Waals surface area contributed by atoms with Crippen LogP contribution >= 0.6 is 12.6 Å². The van der Waals surface area contributed by atoms with Gasteiger partial charge in [-0.25, -0.2) is 0 Å². The predicted molar refractivity (Wildman–Crippen MR) is 119 cm³/mol. The molecule has 164 valence electrons. The minimum Gasteiger partial charge on any atom is -0.466 e. The average Bonchev–Trinajstić information content (AvgIpc) is 3.04. The topological polar surface area (TPSA) is 43.4 Å². The van der Waals surface area contributed by atoms with Crippen LogP contribution in [0.25, 0.3) is 0 Å². The van der Waals surface area contributed by atoms with Gasteiger partial charge in [0.25, 0.3) is 0 Å². The SMILES string of the molecule is CCOC(=O)CC[C@@H](C)C1CCC2C3C(=O)CC4CCCCC4(S)C3CC[C@@]21C. The van der Waals surface area contributed by atoms with E-state index in [4.69, 9.17) is 17.4 Å². The molecule has 4 saturated carbocycles. The molecule has 4 aliphatic rings. The fourth-order valence-electron chi connectivity index (χ4n) is 8.30. The minimum absolute atomic E-state index is 0.0643. The maximum Gasteiger partial charge on any atom is 0.305 e. The summed E-state index contributed by atoms with van der Waals surface area (Å²) < 4.78 is 5.24. The van der Waals surface area contributed by atoms with E-state index < -0.39 is 0 Å². The fourth-order valence-corrected chi connectivity index (χ4v) is 8.97. The van der Waals surface area contributed by atoms with E-state index in [-0.39, 0.29) is 22.0 Å². The lowest BCUT2D eigenvalue weighted by atomic mass is 9.48. The Labute approximate surface area is 182 Å². The van der Waals surface area contributed by atoms with E-state index in [0.717, 1.165) is 12.8 Å². The van der Waals surface area contributed by atoms with Crippen molar-refractivity contribution in [2.45, 2.75) is 96.1 Å². The van der Waals surface area contributed by atoms with Crippen molar-refractivity contribution in [2.75, 3.05) is 6.61 Å². The molecule has 0 aliphatic heterocycles. The number of carbonyl (C=O) groups excluding carboxylic acids is 2. The highest BCUT2D eigenvalue weighted by atomic mass is 32.1. The number of fused-ring (bicyclic) bond motifs is 5. The van der Waals surface area contributed by atoms with Crippen LogP contribution in [-0.4, -0.2) is 23.1 Å². The molecule has 8 atom stereocenters. The van der Waals surface area contributed by atoms with Gasteiger partial charge in [-0.3, -0.25) is 9.59 Å². The molecule has 4 aliphatic carbocycles. The lowest BCUT2D eigenvalue weighted by Gasteiger charge is -2.59. The van der Waals surface area contributed by atoms with E-state index in [1.807, 2.05) is 6.92 Å². The van der Waals surface area contributed by atoms with Crippen molar-refractivity contribution in [3.05, 3.63) is 0 Å². The molecule has 0 amide bonds. The third kappa shape index (κ3) is 3.59. The van der Waals surface area contributed by atoms with Crippen molar-refractivity contribution < 1.29 is 14.3 Å². The second-order valence-electron chi connectivity index (χ2n) is 10.9. The summed E-state index contributed by atoms with van der Waals surface area (Å²) in [4.78, 5) is 25.2. The first-order chi connectivity index (χ1) is 13.8. The summed E-state index contributed by atoms with van der Waals surface area (Å²) in [6.07, 6.45) is 12.0. The number of ether oxygens (including phenoxy) is 1. The van der Waals surface area contributed by atoms with Crippen LogP contribution in [0.2, 0.25) is 0 Å². The van der Waals surface area contributed by atoms with Gasteiger partial charge in [-0.2, -0.15) is 12.6 Å². The number of Topliss-reactive ketones (excluding diaryl/α,β-unsaturated/α-hetero) is 1. The molecule has 6 unspecified atom stereocenters. The Morgan fingerprint density at radius 2 is 1.97 bits per heavy atom. The van der Waals surface area contributed by atoms with Crippen LogP contribution in [0.5, 0.6) is 0 Å². The van der Waals surface area contributed by atoms with Crippen LogP contribution < -0.4 is 0 Å². The van der Waals surface area contributed by atoms with Crippen LogP contribution in [0, 0.1) is 40.9 Å². The van der Waals surface area contributed by atoms with Gasteiger partial charge in [0.2, 0.25) is 0 Å². The summed E-state index contributed by atoms with van der Waals surface area (Å²) in [5, 5.41) is 0. The lowest BCUT2D eigenvalue weighted by molar-refractivity contribution is -0.143. The fraction of sp³-hybridized carbons (Fsp3) is 0.920. The maximum absolute atomic E-state index is 13.4. The monoisotopic (exact) mass is 420 g/mol. The number of carbonyl (C=O) groups is 2. The van der Waals surface area contributed by atoms with Crippen molar-refractivity contribution in [1.82, 2.24) is 0 Å². The molecule has 4 fully saturated rings. The molecule has 29 heavy (non-hydrogen) atoms. The zero-order valence-corrected chi connectivity index (χ0v) is 19.5. The molecule has 0 N–H and O–H groups in total. The molecule has 4 heteroatoms. The van der Waals surface area contributed by atoms with E-state index in [2.05, 4.69) is 13.8 Å². The molecular weight excluding hydrogens is 380 g/mol. The van der Waals surface area contributed by atoms with Gasteiger partial charge in [-0.15, -0.1) is 0 Å². The highest BCUT2D eigenvalue weighted by molar-refractivity contribution is 7.81. The maximum atomic E-state index is 13.4. The number of ketones is 1. The van der Waals surface area contributed by atoms with Crippen molar-refractivity contribution >= 4 is 24.4 Å². The molecule has 0 aromatic rings. The summed E-state index contributed by atoms with van der Waals surface area (Å²) in [5.74, 6) is 3.39. The largest absolute Gasteiger partial charge is 0.466 e. The Balaban J connectivity index is 1.50. The van der Waals surface area contributed by atoms with E-state index in [0.29, 0.717) is 48.4 Å². The molecule has 3 nitrogen and oxygen atoms in total. The van der Waals surface area contributed by atoms with Crippen molar-refractivity contribution in [1.29, 1.82) is 0 Å². The number of rotatable bonds is 5. The molecule has 0 saturated heterocycles. The summed E-state index contributed by atoms with van der Waals surface area (Å²) in [6.45, 7) is 7.13. The zero-order valence-electron chi connectivity index (χ0n) is 18.6. The first kappa shape index (κ1) is 21.7. The zero-order chi connectivity index (χ0) is 20.8.